The average Bonchev–Trinajstić information content (AvgIpc) is 2.77. The summed E-state index contributed by atoms with van der Waals surface area (Å²) in [6.45, 7) is 4.70. The SMILES string of the molecule is CC1CC(C)CN(C(=O)COC(=O)c2ccccc2OCC(=O)Nc2ccccc2F)C1. The highest BCUT2D eigenvalue weighted by atomic mass is 19.1. The van der Waals surface area contributed by atoms with E-state index in [0.717, 1.165) is 6.42 Å². The van der Waals surface area contributed by atoms with Crippen molar-refractivity contribution in [3.8, 4) is 5.75 Å². The van der Waals surface area contributed by atoms with Gasteiger partial charge in [0.15, 0.2) is 13.2 Å². The molecule has 0 aromatic heterocycles. The normalized spacial score (nSPS) is 18.0. The fourth-order valence-electron chi connectivity index (χ4n) is 3.82. The molecule has 2 unspecified atom stereocenters. The van der Waals surface area contributed by atoms with Gasteiger partial charge in [0.25, 0.3) is 11.8 Å². The molecule has 1 heterocycles. The monoisotopic (exact) mass is 442 g/mol. The van der Waals surface area contributed by atoms with Crippen LogP contribution in [0.2, 0.25) is 0 Å². The number of benzene rings is 2. The molecule has 1 N–H and O–H groups in total. The van der Waals surface area contributed by atoms with Gasteiger partial charge in [0.2, 0.25) is 0 Å². The lowest BCUT2D eigenvalue weighted by atomic mass is 9.92. The number of nitrogens with zero attached hydrogens (tertiary/aromatic N) is 1. The second kappa shape index (κ2) is 10.7. The largest absolute Gasteiger partial charge is 0.483 e. The number of amides is 2. The number of para-hydroxylation sites is 2. The Balaban J connectivity index is 1.54. The molecule has 7 nitrogen and oxygen atoms in total. The molecule has 0 bridgehead atoms. The molecule has 2 amide bonds. The van der Waals surface area contributed by atoms with Crippen LogP contribution in [0, 0.1) is 17.7 Å². The number of piperidine rings is 1. The van der Waals surface area contributed by atoms with Crippen molar-refractivity contribution in [2.45, 2.75) is 20.3 Å². The Bertz CT molecular complexity index is 970. The molecule has 8 heteroatoms. The van der Waals surface area contributed by atoms with E-state index < -0.39 is 24.3 Å². The van der Waals surface area contributed by atoms with Crippen LogP contribution in [0.3, 0.4) is 0 Å². The first-order valence-corrected chi connectivity index (χ1v) is 10.5. The van der Waals surface area contributed by atoms with Gasteiger partial charge in [-0.1, -0.05) is 38.1 Å². The Morgan fingerprint density at radius 1 is 1.00 bits per heavy atom. The minimum Gasteiger partial charge on any atom is -0.483 e. The lowest BCUT2D eigenvalue weighted by Crippen LogP contribution is -2.44. The Hall–Kier alpha value is -3.42. The lowest BCUT2D eigenvalue weighted by Gasteiger charge is -2.34. The Morgan fingerprint density at radius 3 is 2.38 bits per heavy atom. The topological polar surface area (TPSA) is 84.9 Å². The smallest absolute Gasteiger partial charge is 0.342 e. The highest BCUT2D eigenvalue weighted by Gasteiger charge is 2.26. The van der Waals surface area contributed by atoms with E-state index in [2.05, 4.69) is 19.2 Å². The van der Waals surface area contributed by atoms with Gasteiger partial charge in [-0.15, -0.1) is 0 Å². The molecule has 2 aromatic carbocycles. The van der Waals surface area contributed by atoms with E-state index in [1.54, 1.807) is 23.1 Å². The van der Waals surface area contributed by atoms with Crippen molar-refractivity contribution in [2.24, 2.45) is 11.8 Å². The molecule has 0 radical (unpaired) electrons. The Kier molecular flexibility index (Phi) is 7.81. The number of hydrogen-bond donors (Lipinski definition) is 1. The van der Waals surface area contributed by atoms with Gasteiger partial charge in [0.1, 0.15) is 17.1 Å². The Morgan fingerprint density at radius 2 is 1.66 bits per heavy atom. The summed E-state index contributed by atoms with van der Waals surface area (Å²) in [6.07, 6.45) is 1.07. The maximum absolute atomic E-state index is 13.7. The number of carbonyl (C=O) groups is 3. The van der Waals surface area contributed by atoms with Crippen molar-refractivity contribution in [1.82, 2.24) is 4.90 Å². The second-order valence-corrected chi connectivity index (χ2v) is 8.13. The second-order valence-electron chi connectivity index (χ2n) is 8.13. The first-order chi connectivity index (χ1) is 15.3. The minimum absolute atomic E-state index is 0.0358. The van der Waals surface area contributed by atoms with E-state index in [1.807, 2.05) is 0 Å². The van der Waals surface area contributed by atoms with Gasteiger partial charge in [-0.3, -0.25) is 9.59 Å². The summed E-state index contributed by atoms with van der Waals surface area (Å²) in [5.74, 6) is -1.16. The zero-order valence-electron chi connectivity index (χ0n) is 18.2. The van der Waals surface area contributed by atoms with E-state index in [1.165, 1.54) is 30.3 Å². The van der Waals surface area contributed by atoms with E-state index in [0.29, 0.717) is 24.9 Å². The molecule has 3 rings (SSSR count). The summed E-state index contributed by atoms with van der Waals surface area (Å²) in [6, 6.07) is 12.0. The maximum Gasteiger partial charge on any atom is 0.342 e. The summed E-state index contributed by atoms with van der Waals surface area (Å²) in [5, 5.41) is 2.41. The van der Waals surface area contributed by atoms with E-state index in [4.69, 9.17) is 9.47 Å². The van der Waals surface area contributed by atoms with Gasteiger partial charge in [-0.2, -0.15) is 0 Å². The molecular formula is C24H27FN2O5. The number of carbonyl (C=O) groups excluding carboxylic acids is 3. The van der Waals surface area contributed by atoms with Crippen LogP contribution in [0.5, 0.6) is 5.75 Å². The van der Waals surface area contributed by atoms with Crippen LogP contribution in [-0.2, 0) is 14.3 Å². The number of likely N-dealkylation sites (tertiary alicyclic amines) is 1. The quantitative estimate of drug-likeness (QED) is 0.664. The first kappa shape index (κ1) is 23.2. The standard InChI is InChI=1S/C24H27FN2O5/c1-16-11-17(2)13-27(12-16)23(29)15-32-24(30)18-7-3-6-10-21(18)31-14-22(28)26-20-9-5-4-8-19(20)25/h3-10,16-17H,11-15H2,1-2H3,(H,26,28). The zero-order chi connectivity index (χ0) is 23.1. The molecule has 0 saturated carbocycles. The number of esters is 1. The van der Waals surface area contributed by atoms with Gasteiger partial charge in [0, 0.05) is 13.1 Å². The predicted octanol–water partition coefficient (Wildman–Crippen LogP) is 3.50. The van der Waals surface area contributed by atoms with Gasteiger partial charge < -0.3 is 19.7 Å². The summed E-state index contributed by atoms with van der Waals surface area (Å²) < 4.78 is 24.3. The zero-order valence-corrected chi connectivity index (χ0v) is 18.2. The number of anilines is 1. The highest BCUT2D eigenvalue weighted by molar-refractivity contribution is 5.95. The lowest BCUT2D eigenvalue weighted by molar-refractivity contribution is -0.137. The van der Waals surface area contributed by atoms with E-state index >= 15 is 0 Å². The molecule has 2 aromatic rings. The first-order valence-electron chi connectivity index (χ1n) is 10.5. The summed E-state index contributed by atoms with van der Waals surface area (Å²) in [7, 11) is 0. The fraction of sp³-hybridized carbons (Fsp3) is 0.375. The van der Waals surface area contributed by atoms with Crippen molar-refractivity contribution in [3.63, 3.8) is 0 Å². The summed E-state index contributed by atoms with van der Waals surface area (Å²) in [4.78, 5) is 38.8. The third-order valence-corrected chi connectivity index (χ3v) is 5.16. The molecule has 1 saturated heterocycles. The molecule has 2 atom stereocenters. The molecule has 170 valence electrons. The van der Waals surface area contributed by atoms with Crippen LogP contribution >= 0.6 is 0 Å². The van der Waals surface area contributed by atoms with Gasteiger partial charge in [-0.05, 0) is 42.5 Å². The van der Waals surface area contributed by atoms with Crippen LogP contribution in [0.4, 0.5) is 10.1 Å². The van der Waals surface area contributed by atoms with Crippen LogP contribution in [-0.4, -0.2) is 49.0 Å². The molecular weight excluding hydrogens is 415 g/mol. The molecule has 1 aliphatic heterocycles. The number of nitrogens with one attached hydrogen (secondary N) is 1. The minimum atomic E-state index is -0.721. The van der Waals surface area contributed by atoms with Crippen LogP contribution in [0.15, 0.2) is 48.5 Å². The van der Waals surface area contributed by atoms with Crippen molar-refractivity contribution in [1.29, 1.82) is 0 Å². The van der Waals surface area contributed by atoms with Crippen molar-refractivity contribution < 1.29 is 28.2 Å². The molecule has 0 spiro atoms. The number of rotatable bonds is 7. The van der Waals surface area contributed by atoms with Gasteiger partial charge >= 0.3 is 5.97 Å². The van der Waals surface area contributed by atoms with Crippen molar-refractivity contribution >= 4 is 23.5 Å². The number of hydrogen-bond acceptors (Lipinski definition) is 5. The van der Waals surface area contributed by atoms with Crippen molar-refractivity contribution in [3.05, 3.63) is 59.9 Å². The Labute approximate surface area is 186 Å². The molecule has 0 aliphatic carbocycles. The van der Waals surface area contributed by atoms with Gasteiger partial charge in [-0.25, -0.2) is 9.18 Å². The molecule has 1 fully saturated rings. The fourth-order valence-corrected chi connectivity index (χ4v) is 3.82. The van der Waals surface area contributed by atoms with Crippen LogP contribution in [0.1, 0.15) is 30.6 Å². The third kappa shape index (κ3) is 6.29. The summed E-state index contributed by atoms with van der Waals surface area (Å²) >= 11 is 0. The number of ether oxygens (including phenoxy) is 2. The maximum atomic E-state index is 13.7. The highest BCUT2D eigenvalue weighted by Crippen LogP contribution is 2.22. The number of halogens is 1. The molecule has 32 heavy (non-hydrogen) atoms. The van der Waals surface area contributed by atoms with Crippen LogP contribution < -0.4 is 10.1 Å². The predicted molar refractivity (Wildman–Crippen MR) is 117 cm³/mol. The summed E-state index contributed by atoms with van der Waals surface area (Å²) in [5.41, 5.74) is 0.132. The molecule has 1 aliphatic rings. The van der Waals surface area contributed by atoms with E-state index in [9.17, 15) is 18.8 Å². The van der Waals surface area contributed by atoms with Crippen LogP contribution in [0.25, 0.3) is 0 Å². The van der Waals surface area contributed by atoms with Crippen molar-refractivity contribution in [2.75, 3.05) is 31.6 Å². The van der Waals surface area contributed by atoms with Gasteiger partial charge in [0.05, 0.1) is 5.69 Å². The van der Waals surface area contributed by atoms with E-state index in [-0.39, 0.29) is 29.5 Å². The third-order valence-electron chi connectivity index (χ3n) is 5.16. The average molecular weight is 442 g/mol.